The van der Waals surface area contributed by atoms with Crippen molar-refractivity contribution in [3.63, 3.8) is 0 Å². The van der Waals surface area contributed by atoms with Gasteiger partial charge in [-0.05, 0) is 384 Å². The van der Waals surface area contributed by atoms with Gasteiger partial charge in [-0.25, -0.2) is 0 Å². The monoisotopic (exact) mass is 1380 g/mol. The predicted octanol–water partition coefficient (Wildman–Crippen LogP) is 20.4. The van der Waals surface area contributed by atoms with Gasteiger partial charge in [0.15, 0.2) is 12.6 Å². The molecular formula is C92H103O11+. The van der Waals surface area contributed by atoms with Gasteiger partial charge in [-0.15, -0.1) is 0 Å². The van der Waals surface area contributed by atoms with Crippen molar-refractivity contribution >= 4 is 12.6 Å². The minimum atomic E-state index is -0.349. The van der Waals surface area contributed by atoms with Gasteiger partial charge in [0.2, 0.25) is 0 Å². The second-order valence-electron chi connectivity index (χ2n) is 33.3. The Hall–Kier alpha value is -9.48. The summed E-state index contributed by atoms with van der Waals surface area (Å²) in [6, 6.07) is 38.2. The summed E-state index contributed by atoms with van der Waals surface area (Å²) in [4.78, 5) is 23.1. The first-order valence-corrected chi connectivity index (χ1v) is 36.9. The highest BCUT2D eigenvalue weighted by Crippen LogP contribution is 2.69. The number of hydrogen-bond acceptors (Lipinski definition) is 11. The first kappa shape index (κ1) is 71.9. The summed E-state index contributed by atoms with van der Waals surface area (Å²) in [6.07, 6.45) is 14.7. The number of aryl methyl sites for hydroxylation is 14. The topological polar surface area (TPSA) is 216 Å². The van der Waals surface area contributed by atoms with Crippen LogP contribution in [0.2, 0.25) is 0 Å². The van der Waals surface area contributed by atoms with E-state index in [0.717, 1.165) is 188 Å². The first-order chi connectivity index (χ1) is 48.7. The van der Waals surface area contributed by atoms with E-state index in [1.54, 1.807) is 6.07 Å². The van der Waals surface area contributed by atoms with Crippen LogP contribution in [-0.2, 0) is 21.7 Å². The number of phenolic OH excluding ortho intramolecular Hbond substituents is 9. The maximum Gasteiger partial charge on any atom is 1.00 e. The average Bonchev–Trinajstić information content (AvgIpc) is 0.703. The van der Waals surface area contributed by atoms with Crippen LogP contribution < -0.4 is 0 Å². The van der Waals surface area contributed by atoms with Gasteiger partial charge < -0.3 is 46.0 Å². The van der Waals surface area contributed by atoms with Crippen molar-refractivity contribution in [1.82, 2.24) is 0 Å². The van der Waals surface area contributed by atoms with Gasteiger partial charge in [-0.1, -0.05) is 72.8 Å². The molecule has 0 radical (unpaired) electrons. The van der Waals surface area contributed by atoms with Crippen LogP contribution in [0, 0.1) is 121 Å². The summed E-state index contributed by atoms with van der Waals surface area (Å²) in [5.41, 5.74) is 23.1. The average molecular weight is 1380 g/mol. The third-order valence-electron chi connectivity index (χ3n) is 25.7. The summed E-state index contributed by atoms with van der Waals surface area (Å²) in [5.74, 6) is 3.65. The van der Waals surface area contributed by atoms with E-state index in [0.29, 0.717) is 40.5 Å². The Labute approximate surface area is 609 Å². The van der Waals surface area contributed by atoms with Gasteiger partial charge in [0, 0.05) is 23.0 Å². The second-order valence-corrected chi connectivity index (χ2v) is 33.3. The first-order valence-electron chi connectivity index (χ1n) is 36.9. The van der Waals surface area contributed by atoms with E-state index in [4.69, 9.17) is 5.11 Å². The smallest absolute Gasteiger partial charge is 0.508 e. The van der Waals surface area contributed by atoms with Gasteiger partial charge >= 0.3 is 1.43 Å². The number of carbonyl (C=O) groups excluding carboxylic acids is 2. The number of aromatic hydroxyl groups is 9. The lowest BCUT2D eigenvalue weighted by Gasteiger charge is -2.63. The molecule has 8 aliphatic rings. The normalized spacial score (nSPS) is 23.3. The zero-order chi connectivity index (χ0) is 74.0. The van der Waals surface area contributed by atoms with Crippen molar-refractivity contribution in [2.45, 2.75) is 207 Å². The Morgan fingerprint density at radius 3 is 0.816 bits per heavy atom. The van der Waals surface area contributed by atoms with E-state index >= 15 is 0 Å². The van der Waals surface area contributed by atoms with Crippen molar-refractivity contribution in [2.24, 2.45) is 23.7 Å². The minimum Gasteiger partial charge on any atom is -0.508 e. The van der Waals surface area contributed by atoms with Crippen LogP contribution in [0.3, 0.4) is 0 Å². The van der Waals surface area contributed by atoms with Crippen LogP contribution in [0.1, 0.15) is 245 Å². The molecule has 8 aliphatic carbocycles. The van der Waals surface area contributed by atoms with E-state index in [1.807, 2.05) is 145 Å². The molecule has 536 valence electrons. The molecule has 8 saturated carbocycles. The van der Waals surface area contributed by atoms with Crippen molar-refractivity contribution in [2.75, 3.05) is 0 Å². The third-order valence-corrected chi connectivity index (χ3v) is 25.7. The van der Waals surface area contributed by atoms with Crippen molar-refractivity contribution < 1.29 is 57.0 Å². The van der Waals surface area contributed by atoms with Crippen molar-refractivity contribution in [3.05, 3.63) is 260 Å². The summed E-state index contributed by atoms with van der Waals surface area (Å²) < 4.78 is 0. The van der Waals surface area contributed by atoms with Crippen LogP contribution in [0.5, 0.6) is 51.7 Å². The summed E-state index contributed by atoms with van der Waals surface area (Å²) in [7, 11) is 0. The van der Waals surface area contributed by atoms with Crippen LogP contribution in [0.25, 0.3) is 0 Å². The number of benzene rings is 9. The lowest BCUT2D eigenvalue weighted by Crippen LogP contribution is -2.56. The highest BCUT2D eigenvalue weighted by molar-refractivity contribution is 5.82. The molecule has 8 bridgehead atoms. The Kier molecular flexibility index (Phi) is 18.6. The Bertz CT molecular complexity index is 4520. The van der Waals surface area contributed by atoms with E-state index in [2.05, 4.69) is 60.7 Å². The molecule has 0 saturated heterocycles. The Balaban J connectivity index is 0.000000208. The van der Waals surface area contributed by atoms with Gasteiger partial charge in [0.05, 0.1) is 11.1 Å². The van der Waals surface area contributed by atoms with Gasteiger partial charge in [-0.2, -0.15) is 0 Å². The fraction of sp³-hybridized carbons (Fsp3) is 0.391. The summed E-state index contributed by atoms with van der Waals surface area (Å²) in [5, 5.41) is 97.2. The summed E-state index contributed by atoms with van der Waals surface area (Å²) >= 11 is 0. The molecule has 9 aromatic rings. The van der Waals surface area contributed by atoms with Gasteiger partial charge in [0.25, 0.3) is 0 Å². The standard InChI is InChI=1S/C58H64O6.C26H28O4.C8H10O/c1-29-17-49(59)33(5)13-43(29)53(44-14-34(6)50(60)18-30(44)2)47-22-41(11-37(9)55(47)63)57-24-39-21-40(25-57)27-58(26-39,28-57)42-12-38(10)56(64)48(23-42)54(45-15-35(7)51(61)19-31(45)3)46-16-36(8)52(62)20-32(46)4;1-15-3-21(6-19(12-27)23(15)29)25-8-17-5-18(9-25)11-26(10-17,14-25)22-4-16(2)24(30)20(7-22)13-28;1-6-3-4-7(2)8(9)5-6/h11-20,22-23,39-40,53-54,59-64H,21,24-28H2,1-10H3;3-4,6-7,12-13,17-18,29-30H,5,8-11,14H2,1-2H3;3-5,9H,1-2H3/p+1. The molecule has 11 heteroatoms. The minimum absolute atomic E-state index is 0. The molecule has 0 aliphatic heterocycles. The Morgan fingerprint density at radius 2 is 0.553 bits per heavy atom. The molecule has 0 unspecified atom stereocenters. The maximum absolute atomic E-state index is 12.2. The fourth-order valence-electron chi connectivity index (χ4n) is 21.2. The lowest BCUT2D eigenvalue weighted by molar-refractivity contribution is -0.0284. The maximum atomic E-state index is 12.2. The van der Waals surface area contributed by atoms with Crippen LogP contribution in [0.4, 0.5) is 0 Å². The molecule has 17 rings (SSSR count). The zero-order valence-corrected chi connectivity index (χ0v) is 62.4. The van der Waals surface area contributed by atoms with E-state index in [1.165, 1.54) is 35.1 Å². The third kappa shape index (κ3) is 12.8. The van der Waals surface area contributed by atoms with Gasteiger partial charge in [0.1, 0.15) is 51.7 Å². The molecule has 9 N–H and O–H groups in total. The van der Waals surface area contributed by atoms with Crippen LogP contribution >= 0.6 is 0 Å². The molecule has 0 aromatic heterocycles. The fourth-order valence-corrected chi connectivity index (χ4v) is 21.2. The largest absolute Gasteiger partial charge is 1.00 e. The van der Waals surface area contributed by atoms with E-state index in [9.17, 15) is 50.4 Å². The predicted molar refractivity (Wildman–Crippen MR) is 409 cm³/mol. The molecule has 0 spiro atoms. The van der Waals surface area contributed by atoms with Crippen molar-refractivity contribution in [1.29, 1.82) is 0 Å². The zero-order valence-electron chi connectivity index (χ0n) is 63.4. The van der Waals surface area contributed by atoms with E-state index in [-0.39, 0.29) is 80.9 Å². The molecule has 9 aromatic carbocycles. The number of carbonyl (C=O) groups is 2. The molecule has 11 nitrogen and oxygen atoms in total. The van der Waals surface area contributed by atoms with Crippen LogP contribution in [-0.4, -0.2) is 58.5 Å². The van der Waals surface area contributed by atoms with Crippen LogP contribution in [0.15, 0.2) is 115 Å². The summed E-state index contributed by atoms with van der Waals surface area (Å²) in [6.45, 7) is 27.4. The quantitative estimate of drug-likeness (QED) is 0.0414. The molecule has 0 amide bonds. The molecule has 0 heterocycles. The van der Waals surface area contributed by atoms with E-state index < -0.39 is 0 Å². The number of rotatable bonds is 12. The molecule has 0 atom stereocenters. The second kappa shape index (κ2) is 26.7. The highest BCUT2D eigenvalue weighted by Gasteiger charge is 2.61. The molecular weight excluding hydrogens is 1280 g/mol. The molecule has 103 heavy (non-hydrogen) atoms. The SMILES string of the molecule is Cc1cc(C(c2cc(C)c(O)cc2C)c2cc(C34CC5CC(C3)CC(c3cc(C)c(O)c(C(c6cc(C)c(O)cc6C)c6cc(C)c(O)cc6C)c3)(C5)C4)cc(C)c2O)c(C)cc1O.Cc1cc(C23CC4CC(C2)CC(c2cc(C)c(O)c(C=O)c2)(C4)C3)cc(C=O)c1O.Cc1ccc(C)c(O)c1.[H+]. The molecule has 8 fully saturated rings. The van der Waals surface area contributed by atoms with Gasteiger partial charge in [-0.3, -0.25) is 9.59 Å². The highest BCUT2D eigenvalue weighted by atomic mass is 16.3. The number of hydrogen-bond donors (Lipinski definition) is 9. The Morgan fingerprint density at radius 1 is 0.291 bits per heavy atom. The van der Waals surface area contributed by atoms with Crippen molar-refractivity contribution in [3.8, 4) is 51.7 Å². The number of aldehydes is 2. The lowest BCUT2D eigenvalue weighted by atomic mass is 9.41. The number of phenols is 9.